The monoisotopic (exact) mass is 481 g/mol. The first-order chi connectivity index (χ1) is 17.1. The summed E-state index contributed by atoms with van der Waals surface area (Å²) in [6, 6.07) is 25.4. The van der Waals surface area contributed by atoms with Crippen LogP contribution in [0.25, 0.3) is 32.5 Å². The van der Waals surface area contributed by atoms with Gasteiger partial charge >= 0.3 is 0 Å². The largest absolute Gasteiger partial charge is 0.494 e. The topological polar surface area (TPSA) is 73.2 Å². The van der Waals surface area contributed by atoms with Crippen LogP contribution >= 0.6 is 11.3 Å². The lowest BCUT2D eigenvalue weighted by atomic mass is 10.0. The van der Waals surface area contributed by atoms with Gasteiger partial charge in [-0.05, 0) is 47.9 Å². The number of thiophene rings is 1. The molecule has 5 aromatic rings. The highest BCUT2D eigenvalue weighted by molar-refractivity contribution is 7.17. The van der Waals surface area contributed by atoms with Gasteiger partial charge in [-0.1, -0.05) is 54.6 Å². The van der Waals surface area contributed by atoms with E-state index in [1.54, 1.807) is 24.3 Å². The van der Waals surface area contributed by atoms with Crippen molar-refractivity contribution in [2.45, 2.75) is 13.5 Å². The first-order valence-corrected chi connectivity index (χ1v) is 12.2. The second-order valence-electron chi connectivity index (χ2n) is 7.96. The molecule has 0 unspecified atom stereocenters. The highest BCUT2D eigenvalue weighted by atomic mass is 32.1. The smallest absolute Gasteiger partial charge is 0.263 e. The normalized spacial score (nSPS) is 10.9. The number of aromatic nitrogens is 2. The van der Waals surface area contributed by atoms with Crippen LogP contribution in [0, 0.1) is 0 Å². The molecule has 0 atom stereocenters. The van der Waals surface area contributed by atoms with E-state index in [1.807, 2.05) is 54.8 Å². The maximum Gasteiger partial charge on any atom is 0.263 e. The molecule has 0 aliphatic rings. The van der Waals surface area contributed by atoms with Gasteiger partial charge in [-0.25, -0.2) is 4.98 Å². The number of anilines is 1. The quantitative estimate of drug-likeness (QED) is 0.317. The van der Waals surface area contributed by atoms with Crippen molar-refractivity contribution >= 4 is 33.1 Å². The summed E-state index contributed by atoms with van der Waals surface area (Å²) in [5, 5.41) is 5.29. The summed E-state index contributed by atoms with van der Waals surface area (Å²) in [6.07, 6.45) is 1.43. The predicted octanol–water partition coefficient (Wildman–Crippen LogP) is 5.83. The van der Waals surface area contributed by atoms with E-state index in [-0.39, 0.29) is 18.0 Å². The summed E-state index contributed by atoms with van der Waals surface area (Å²) in [4.78, 5) is 31.0. The predicted molar refractivity (Wildman–Crippen MR) is 141 cm³/mol. The number of hydrogen-bond acceptors (Lipinski definition) is 5. The zero-order valence-corrected chi connectivity index (χ0v) is 19.9. The lowest BCUT2D eigenvalue weighted by Gasteiger charge is -2.09. The highest BCUT2D eigenvalue weighted by Gasteiger charge is 2.15. The van der Waals surface area contributed by atoms with E-state index in [0.29, 0.717) is 22.5 Å². The van der Waals surface area contributed by atoms with Gasteiger partial charge in [-0.2, -0.15) is 0 Å². The van der Waals surface area contributed by atoms with Crippen LogP contribution in [0.15, 0.2) is 95.4 Å². The Bertz CT molecular complexity index is 1520. The van der Waals surface area contributed by atoms with Crippen LogP contribution < -0.4 is 15.6 Å². The van der Waals surface area contributed by atoms with E-state index in [2.05, 4.69) is 22.4 Å². The summed E-state index contributed by atoms with van der Waals surface area (Å²) in [5.41, 5.74) is 4.40. The van der Waals surface area contributed by atoms with Crippen LogP contribution in [0.5, 0.6) is 5.75 Å². The molecule has 174 valence electrons. The van der Waals surface area contributed by atoms with Gasteiger partial charge in [0.1, 0.15) is 17.1 Å². The number of nitrogens with one attached hydrogen (secondary N) is 1. The van der Waals surface area contributed by atoms with Gasteiger partial charge in [0.25, 0.3) is 5.56 Å². The summed E-state index contributed by atoms with van der Waals surface area (Å²) >= 11 is 1.42. The summed E-state index contributed by atoms with van der Waals surface area (Å²) in [5.74, 6) is 0.430. The highest BCUT2D eigenvalue weighted by Crippen LogP contribution is 2.32. The molecule has 0 saturated carbocycles. The second kappa shape index (κ2) is 9.95. The number of benzene rings is 3. The molecule has 6 nitrogen and oxygen atoms in total. The van der Waals surface area contributed by atoms with Crippen molar-refractivity contribution in [1.82, 2.24) is 9.55 Å². The van der Waals surface area contributed by atoms with Gasteiger partial charge < -0.3 is 10.1 Å². The summed E-state index contributed by atoms with van der Waals surface area (Å²) < 4.78 is 6.77. The minimum absolute atomic E-state index is 0.128. The Kier molecular flexibility index (Phi) is 6.41. The third-order valence-corrected chi connectivity index (χ3v) is 6.51. The van der Waals surface area contributed by atoms with E-state index >= 15 is 0 Å². The van der Waals surface area contributed by atoms with Crippen LogP contribution in [0.4, 0.5) is 5.69 Å². The van der Waals surface area contributed by atoms with Crippen molar-refractivity contribution in [2.24, 2.45) is 0 Å². The fraction of sp³-hybridized carbons (Fsp3) is 0.107. The summed E-state index contributed by atoms with van der Waals surface area (Å²) in [6.45, 7) is 2.36. The van der Waals surface area contributed by atoms with Crippen molar-refractivity contribution in [3.05, 3.63) is 101 Å². The van der Waals surface area contributed by atoms with Gasteiger partial charge in [0, 0.05) is 16.6 Å². The Morgan fingerprint density at radius 3 is 2.34 bits per heavy atom. The van der Waals surface area contributed by atoms with E-state index in [9.17, 15) is 9.59 Å². The molecule has 0 radical (unpaired) electrons. The molecule has 35 heavy (non-hydrogen) atoms. The third kappa shape index (κ3) is 4.85. The third-order valence-electron chi connectivity index (χ3n) is 5.63. The molecule has 2 heterocycles. The second-order valence-corrected chi connectivity index (χ2v) is 8.81. The fourth-order valence-corrected chi connectivity index (χ4v) is 4.83. The van der Waals surface area contributed by atoms with Crippen LogP contribution in [0.2, 0.25) is 0 Å². The SMILES string of the molecule is CCOc1ccc(NC(=O)Cn2cnc3scc(-c4ccc(-c5ccccc5)cc4)c3c2=O)cc1. The zero-order valence-electron chi connectivity index (χ0n) is 19.1. The molecule has 0 fully saturated rings. The van der Waals surface area contributed by atoms with Crippen LogP contribution in [-0.4, -0.2) is 22.1 Å². The molecular formula is C28H23N3O3S. The Hall–Kier alpha value is -4.23. The maximum absolute atomic E-state index is 13.3. The number of carbonyl (C=O) groups is 1. The Morgan fingerprint density at radius 1 is 0.943 bits per heavy atom. The van der Waals surface area contributed by atoms with Crippen molar-refractivity contribution < 1.29 is 9.53 Å². The molecule has 3 aromatic carbocycles. The number of carbonyl (C=O) groups excluding carboxylic acids is 1. The fourth-order valence-electron chi connectivity index (χ4n) is 3.92. The lowest BCUT2D eigenvalue weighted by Crippen LogP contribution is -2.27. The average molecular weight is 482 g/mol. The van der Waals surface area contributed by atoms with Crippen molar-refractivity contribution in [2.75, 3.05) is 11.9 Å². The van der Waals surface area contributed by atoms with E-state index < -0.39 is 0 Å². The molecule has 1 amide bonds. The maximum atomic E-state index is 13.3. The molecule has 0 saturated heterocycles. The van der Waals surface area contributed by atoms with Crippen LogP contribution in [-0.2, 0) is 11.3 Å². The van der Waals surface area contributed by atoms with Crippen molar-refractivity contribution in [3.63, 3.8) is 0 Å². The molecule has 7 heteroatoms. The number of fused-ring (bicyclic) bond motifs is 1. The summed E-state index contributed by atoms with van der Waals surface area (Å²) in [7, 11) is 0. The molecule has 0 bridgehead atoms. The van der Waals surface area contributed by atoms with Crippen molar-refractivity contribution in [3.8, 4) is 28.0 Å². The van der Waals surface area contributed by atoms with Crippen LogP contribution in [0.3, 0.4) is 0 Å². The molecular weight excluding hydrogens is 458 g/mol. The number of hydrogen-bond donors (Lipinski definition) is 1. The van der Waals surface area contributed by atoms with E-state index in [4.69, 9.17) is 4.74 Å². The van der Waals surface area contributed by atoms with E-state index in [0.717, 1.165) is 28.0 Å². The standard InChI is InChI=1S/C28H23N3O3S/c1-2-34-23-14-12-22(13-15-23)30-25(32)16-31-18-29-27-26(28(31)33)24(17-35-27)21-10-8-20(9-11-21)19-6-4-3-5-7-19/h3-15,17-18H,2,16H2,1H3,(H,30,32). The molecule has 2 aromatic heterocycles. The minimum atomic E-state index is -0.304. The number of ether oxygens (including phenoxy) is 1. The number of nitrogens with zero attached hydrogens (tertiary/aromatic N) is 2. The van der Waals surface area contributed by atoms with Gasteiger partial charge in [-0.3, -0.25) is 14.2 Å². The zero-order chi connectivity index (χ0) is 24.2. The van der Waals surface area contributed by atoms with Crippen molar-refractivity contribution in [1.29, 1.82) is 0 Å². The van der Waals surface area contributed by atoms with Gasteiger partial charge in [0.05, 0.1) is 18.3 Å². The molecule has 0 aliphatic carbocycles. The first-order valence-electron chi connectivity index (χ1n) is 11.3. The Labute approximate surface area is 206 Å². The molecule has 1 N–H and O–H groups in total. The van der Waals surface area contributed by atoms with Gasteiger partial charge in [-0.15, -0.1) is 11.3 Å². The molecule has 0 spiro atoms. The minimum Gasteiger partial charge on any atom is -0.494 e. The van der Waals surface area contributed by atoms with Gasteiger partial charge in [0.2, 0.25) is 5.91 Å². The van der Waals surface area contributed by atoms with Gasteiger partial charge in [0.15, 0.2) is 0 Å². The number of rotatable bonds is 7. The Balaban J connectivity index is 1.38. The average Bonchev–Trinajstić information content (AvgIpc) is 3.33. The molecule has 0 aliphatic heterocycles. The Morgan fingerprint density at radius 2 is 1.63 bits per heavy atom. The first kappa shape index (κ1) is 22.6. The van der Waals surface area contributed by atoms with Crippen LogP contribution in [0.1, 0.15) is 6.92 Å². The molecule has 5 rings (SSSR count). The lowest BCUT2D eigenvalue weighted by molar-refractivity contribution is -0.116. The number of amides is 1. The van der Waals surface area contributed by atoms with E-state index in [1.165, 1.54) is 22.2 Å².